The predicted octanol–water partition coefficient (Wildman–Crippen LogP) is 5.58. The van der Waals surface area contributed by atoms with Crippen molar-refractivity contribution in [2.45, 2.75) is 37.5 Å². The van der Waals surface area contributed by atoms with Crippen LogP contribution >= 0.6 is 0 Å². The molecule has 2 aromatic rings. The molecular weight excluding hydrogens is 332 g/mol. The molecule has 134 valence electrons. The maximum Gasteiger partial charge on any atom is 0.157 e. The summed E-state index contributed by atoms with van der Waals surface area (Å²) in [6.07, 6.45) is 4.24. The summed E-state index contributed by atoms with van der Waals surface area (Å²) < 4.78 is 0. The SMILES string of the molecule is O=Nc1ccc(C2CC3CC(c4ccc(O)c(O)c4)CC3C2)cc1N=O. The number of aromatic hydroxyl groups is 2. The minimum Gasteiger partial charge on any atom is -0.504 e. The molecule has 0 saturated heterocycles. The van der Waals surface area contributed by atoms with Crippen LogP contribution in [-0.4, -0.2) is 10.2 Å². The van der Waals surface area contributed by atoms with Crippen molar-refractivity contribution < 1.29 is 10.2 Å². The third-order valence-electron chi connectivity index (χ3n) is 6.15. The van der Waals surface area contributed by atoms with Gasteiger partial charge in [-0.05, 0) is 95.1 Å². The minimum absolute atomic E-state index is 0.0600. The molecule has 0 spiro atoms. The molecule has 0 bridgehead atoms. The number of hydrogen-bond donors (Lipinski definition) is 2. The molecule has 0 aromatic heterocycles. The second-order valence-corrected chi connectivity index (χ2v) is 7.54. The van der Waals surface area contributed by atoms with Gasteiger partial charge in [0, 0.05) is 0 Å². The molecule has 0 aliphatic heterocycles. The lowest BCUT2D eigenvalue weighted by Gasteiger charge is -2.16. The maximum absolute atomic E-state index is 10.9. The van der Waals surface area contributed by atoms with Crippen molar-refractivity contribution in [3.63, 3.8) is 0 Å². The van der Waals surface area contributed by atoms with E-state index in [0.29, 0.717) is 23.7 Å². The van der Waals surface area contributed by atoms with Crippen molar-refractivity contribution in [2.75, 3.05) is 0 Å². The molecule has 2 unspecified atom stereocenters. The first-order valence-corrected chi connectivity index (χ1v) is 8.91. The molecule has 2 atom stereocenters. The van der Waals surface area contributed by atoms with Gasteiger partial charge in [0.2, 0.25) is 0 Å². The number of benzene rings is 2. The zero-order chi connectivity index (χ0) is 18.3. The summed E-state index contributed by atoms with van der Waals surface area (Å²) >= 11 is 0. The molecule has 4 rings (SSSR count). The molecule has 2 saturated carbocycles. The highest BCUT2D eigenvalue weighted by molar-refractivity contribution is 5.63. The highest BCUT2D eigenvalue weighted by Crippen LogP contribution is 2.55. The minimum atomic E-state index is -0.0835. The van der Waals surface area contributed by atoms with Crippen LogP contribution in [-0.2, 0) is 0 Å². The lowest BCUT2D eigenvalue weighted by Crippen LogP contribution is -1.99. The smallest absolute Gasteiger partial charge is 0.157 e. The summed E-state index contributed by atoms with van der Waals surface area (Å²) in [4.78, 5) is 21.6. The standard InChI is InChI=1S/C20H20N2O4/c23-19-4-2-12(10-20(19)24)14-7-15-5-13(6-16(15)8-14)11-1-3-17(21-25)18(9-11)22-26/h1-4,9-10,13-16,23-24H,5-8H2. The van der Waals surface area contributed by atoms with Crippen molar-refractivity contribution in [3.05, 3.63) is 57.3 Å². The van der Waals surface area contributed by atoms with Gasteiger partial charge in [-0.2, -0.15) is 0 Å². The van der Waals surface area contributed by atoms with E-state index in [1.165, 1.54) is 0 Å². The van der Waals surface area contributed by atoms with Crippen LogP contribution in [0, 0.1) is 21.6 Å². The Labute approximate surface area is 150 Å². The Morgan fingerprint density at radius 2 is 1.23 bits per heavy atom. The van der Waals surface area contributed by atoms with Gasteiger partial charge in [-0.1, -0.05) is 12.1 Å². The van der Waals surface area contributed by atoms with Crippen LogP contribution in [0.3, 0.4) is 0 Å². The molecule has 26 heavy (non-hydrogen) atoms. The van der Waals surface area contributed by atoms with Crippen molar-refractivity contribution >= 4 is 11.4 Å². The van der Waals surface area contributed by atoms with Crippen LogP contribution in [0.5, 0.6) is 11.5 Å². The van der Waals surface area contributed by atoms with Gasteiger partial charge in [0.25, 0.3) is 0 Å². The average molecular weight is 352 g/mol. The lowest BCUT2D eigenvalue weighted by atomic mass is 9.89. The van der Waals surface area contributed by atoms with Gasteiger partial charge < -0.3 is 10.2 Å². The molecule has 2 aromatic carbocycles. The molecule has 2 fully saturated rings. The maximum atomic E-state index is 10.9. The fourth-order valence-electron chi connectivity index (χ4n) is 4.90. The lowest BCUT2D eigenvalue weighted by molar-refractivity contribution is 0.402. The van der Waals surface area contributed by atoms with Gasteiger partial charge >= 0.3 is 0 Å². The Morgan fingerprint density at radius 3 is 1.77 bits per heavy atom. The molecule has 2 aliphatic rings. The van der Waals surface area contributed by atoms with E-state index in [2.05, 4.69) is 10.4 Å². The van der Waals surface area contributed by atoms with Crippen molar-refractivity contribution in [1.82, 2.24) is 0 Å². The summed E-state index contributed by atoms with van der Waals surface area (Å²) in [5.41, 5.74) is 2.35. The quantitative estimate of drug-likeness (QED) is 0.554. The Kier molecular flexibility index (Phi) is 4.18. The summed E-state index contributed by atoms with van der Waals surface area (Å²) in [5, 5.41) is 25.0. The van der Waals surface area contributed by atoms with Crippen molar-refractivity contribution in [2.24, 2.45) is 22.2 Å². The molecule has 6 heteroatoms. The van der Waals surface area contributed by atoms with Crippen LogP contribution in [0.25, 0.3) is 0 Å². The van der Waals surface area contributed by atoms with E-state index in [1.807, 2.05) is 12.1 Å². The summed E-state index contributed by atoms with van der Waals surface area (Å²) in [7, 11) is 0. The van der Waals surface area contributed by atoms with Crippen molar-refractivity contribution in [1.29, 1.82) is 0 Å². The third-order valence-corrected chi connectivity index (χ3v) is 6.15. The number of nitroso groups, excluding NO2 is 2. The molecule has 0 heterocycles. The average Bonchev–Trinajstić information content (AvgIpc) is 3.22. The normalized spacial score (nSPS) is 27.2. The van der Waals surface area contributed by atoms with Gasteiger partial charge in [0.15, 0.2) is 11.5 Å². The second-order valence-electron chi connectivity index (χ2n) is 7.54. The Morgan fingerprint density at radius 1 is 0.692 bits per heavy atom. The number of nitrogens with zero attached hydrogens (tertiary/aromatic N) is 2. The van der Waals surface area contributed by atoms with E-state index in [1.54, 1.807) is 24.3 Å². The number of phenols is 2. The largest absolute Gasteiger partial charge is 0.504 e. The van der Waals surface area contributed by atoms with Crippen LogP contribution < -0.4 is 0 Å². The molecule has 6 nitrogen and oxygen atoms in total. The van der Waals surface area contributed by atoms with E-state index in [-0.39, 0.29) is 22.9 Å². The van der Waals surface area contributed by atoms with Gasteiger partial charge in [-0.3, -0.25) is 0 Å². The fourth-order valence-corrected chi connectivity index (χ4v) is 4.90. The summed E-state index contributed by atoms with van der Waals surface area (Å²) in [6, 6.07) is 10.3. The van der Waals surface area contributed by atoms with Crippen LogP contribution in [0.2, 0.25) is 0 Å². The summed E-state index contributed by atoms with van der Waals surface area (Å²) in [5.74, 6) is 1.86. The predicted molar refractivity (Wildman–Crippen MR) is 98.1 cm³/mol. The van der Waals surface area contributed by atoms with Gasteiger partial charge in [0.1, 0.15) is 11.4 Å². The first-order chi connectivity index (χ1) is 12.6. The van der Waals surface area contributed by atoms with E-state index in [0.717, 1.165) is 36.8 Å². The summed E-state index contributed by atoms with van der Waals surface area (Å²) in [6.45, 7) is 0. The van der Waals surface area contributed by atoms with Crippen LogP contribution in [0.4, 0.5) is 11.4 Å². The zero-order valence-electron chi connectivity index (χ0n) is 14.2. The first kappa shape index (κ1) is 16.7. The molecular formula is C20H20N2O4. The van der Waals surface area contributed by atoms with E-state index >= 15 is 0 Å². The third kappa shape index (κ3) is 2.85. The van der Waals surface area contributed by atoms with Crippen LogP contribution in [0.1, 0.15) is 48.6 Å². The highest BCUT2D eigenvalue weighted by Gasteiger charge is 2.42. The van der Waals surface area contributed by atoms with E-state index in [9.17, 15) is 20.0 Å². The Balaban J connectivity index is 1.47. The van der Waals surface area contributed by atoms with E-state index < -0.39 is 0 Å². The number of rotatable bonds is 4. The fraction of sp³-hybridized carbons (Fsp3) is 0.400. The molecule has 0 radical (unpaired) electrons. The number of fused-ring (bicyclic) bond motifs is 1. The highest BCUT2D eigenvalue weighted by atomic mass is 16.3. The topological polar surface area (TPSA) is 99.3 Å². The van der Waals surface area contributed by atoms with Gasteiger partial charge in [0.05, 0.1) is 0 Å². The monoisotopic (exact) mass is 352 g/mol. The molecule has 2 aliphatic carbocycles. The Hall–Kier alpha value is -2.76. The van der Waals surface area contributed by atoms with Gasteiger partial charge in [-0.15, -0.1) is 9.81 Å². The Bertz CT molecular complexity index is 853. The zero-order valence-corrected chi connectivity index (χ0v) is 14.2. The first-order valence-electron chi connectivity index (χ1n) is 8.91. The van der Waals surface area contributed by atoms with E-state index in [4.69, 9.17) is 0 Å². The molecule has 0 amide bonds. The van der Waals surface area contributed by atoms with Crippen LogP contribution in [0.15, 0.2) is 46.8 Å². The number of phenolic OH excluding ortho intramolecular Hbond substituents is 2. The second kappa shape index (κ2) is 6.52. The molecule has 2 N–H and O–H groups in total. The number of hydrogen-bond acceptors (Lipinski definition) is 6. The van der Waals surface area contributed by atoms with Crippen molar-refractivity contribution in [3.8, 4) is 11.5 Å². The van der Waals surface area contributed by atoms with Gasteiger partial charge in [-0.25, -0.2) is 0 Å².